The topological polar surface area (TPSA) is 46.9 Å². The number of nitrogens with zero attached hydrogens (tertiary/aromatic N) is 2. The lowest BCUT2D eigenvalue weighted by Gasteiger charge is -2.24. The molecule has 0 radical (unpaired) electrons. The van der Waals surface area contributed by atoms with Crippen LogP contribution >= 0.6 is 0 Å². The highest BCUT2D eigenvalue weighted by Gasteiger charge is 2.17. The smallest absolute Gasteiger partial charge is 0.0664 e. The second-order valence-corrected chi connectivity index (χ2v) is 5.08. The van der Waals surface area contributed by atoms with Crippen LogP contribution in [-0.2, 0) is 0 Å². The molecule has 0 aromatic carbocycles. The van der Waals surface area contributed by atoms with Gasteiger partial charge in [0.2, 0.25) is 0 Å². The number of hydrogen-bond acceptors (Lipinski definition) is 4. The third-order valence-electron chi connectivity index (χ3n) is 3.56. The normalized spacial score (nSPS) is 23.3. The zero-order valence-electron chi connectivity index (χ0n) is 11.3. The van der Waals surface area contributed by atoms with Crippen LogP contribution in [0.15, 0.2) is 0 Å². The molecule has 1 aliphatic heterocycles. The predicted octanol–water partition coefficient (Wildman–Crippen LogP) is 0.536. The summed E-state index contributed by atoms with van der Waals surface area (Å²) in [5.74, 6) is 0. The van der Waals surface area contributed by atoms with Crippen molar-refractivity contribution in [1.82, 2.24) is 9.80 Å². The Morgan fingerprint density at radius 3 is 1.59 bits per heavy atom. The van der Waals surface area contributed by atoms with Crippen LogP contribution in [0.25, 0.3) is 0 Å². The Labute approximate surface area is 105 Å². The fourth-order valence-corrected chi connectivity index (χ4v) is 2.24. The van der Waals surface area contributed by atoms with Crippen molar-refractivity contribution in [3.05, 3.63) is 0 Å². The van der Waals surface area contributed by atoms with Gasteiger partial charge in [0, 0.05) is 26.2 Å². The Bertz CT molecular complexity index is 182. The lowest BCUT2D eigenvalue weighted by molar-refractivity contribution is 0.0999. The van der Waals surface area contributed by atoms with Crippen molar-refractivity contribution in [3.8, 4) is 0 Å². The van der Waals surface area contributed by atoms with Crippen LogP contribution in [0.5, 0.6) is 0 Å². The molecule has 0 amide bonds. The molecule has 4 nitrogen and oxygen atoms in total. The largest absolute Gasteiger partial charge is 0.392 e. The van der Waals surface area contributed by atoms with Crippen LogP contribution in [0.4, 0.5) is 0 Å². The molecule has 1 heterocycles. The van der Waals surface area contributed by atoms with Gasteiger partial charge < -0.3 is 10.2 Å². The van der Waals surface area contributed by atoms with Crippen molar-refractivity contribution in [3.63, 3.8) is 0 Å². The summed E-state index contributed by atoms with van der Waals surface area (Å²) in [6, 6.07) is 0. The Morgan fingerprint density at radius 2 is 1.24 bits per heavy atom. The number of aliphatic hydroxyl groups is 2. The van der Waals surface area contributed by atoms with Crippen LogP contribution in [0.2, 0.25) is 0 Å². The van der Waals surface area contributed by atoms with E-state index >= 15 is 0 Å². The monoisotopic (exact) mass is 244 g/mol. The minimum Gasteiger partial charge on any atom is -0.392 e. The van der Waals surface area contributed by atoms with Crippen molar-refractivity contribution in [2.45, 2.75) is 45.3 Å². The van der Waals surface area contributed by atoms with E-state index in [2.05, 4.69) is 9.80 Å². The summed E-state index contributed by atoms with van der Waals surface area (Å²) in [6.07, 6.45) is 2.40. The summed E-state index contributed by atoms with van der Waals surface area (Å²) in [5, 5.41) is 19.3. The highest BCUT2D eigenvalue weighted by molar-refractivity contribution is 4.73. The van der Waals surface area contributed by atoms with Gasteiger partial charge in [0.15, 0.2) is 0 Å². The van der Waals surface area contributed by atoms with Gasteiger partial charge in [0.25, 0.3) is 0 Å². The van der Waals surface area contributed by atoms with Gasteiger partial charge >= 0.3 is 0 Å². The lowest BCUT2D eigenvalue weighted by Crippen LogP contribution is -2.37. The molecule has 1 saturated heterocycles. The third-order valence-corrected chi connectivity index (χ3v) is 3.56. The Hall–Kier alpha value is -0.160. The zero-order chi connectivity index (χ0) is 12.7. The van der Waals surface area contributed by atoms with Gasteiger partial charge in [-0.25, -0.2) is 0 Å². The summed E-state index contributed by atoms with van der Waals surface area (Å²) < 4.78 is 0. The van der Waals surface area contributed by atoms with E-state index in [9.17, 15) is 10.2 Å². The van der Waals surface area contributed by atoms with E-state index in [1.807, 2.05) is 13.8 Å². The summed E-state index contributed by atoms with van der Waals surface area (Å²) in [7, 11) is 0. The van der Waals surface area contributed by atoms with Crippen LogP contribution in [0.3, 0.4) is 0 Å². The number of hydrogen-bond donors (Lipinski definition) is 2. The molecule has 2 atom stereocenters. The lowest BCUT2D eigenvalue weighted by atomic mass is 10.2. The molecular weight excluding hydrogens is 216 g/mol. The standard InChI is InChI=1S/C13H28N2O2/c1-3-12(16)10-14-6-5-7-15(9-8-14)11-13(17)4-2/h12-13,16-17H,3-11H2,1-2H3. The van der Waals surface area contributed by atoms with Gasteiger partial charge in [0.1, 0.15) is 0 Å². The molecule has 0 aromatic rings. The Balaban J connectivity index is 2.29. The molecular formula is C13H28N2O2. The molecule has 1 fully saturated rings. The molecule has 17 heavy (non-hydrogen) atoms. The average Bonchev–Trinajstić information content (AvgIpc) is 2.54. The average molecular weight is 244 g/mol. The third kappa shape index (κ3) is 5.82. The highest BCUT2D eigenvalue weighted by Crippen LogP contribution is 2.06. The van der Waals surface area contributed by atoms with Crippen LogP contribution < -0.4 is 0 Å². The summed E-state index contributed by atoms with van der Waals surface area (Å²) >= 11 is 0. The molecule has 2 unspecified atom stereocenters. The van der Waals surface area contributed by atoms with Gasteiger partial charge in [-0.2, -0.15) is 0 Å². The first-order valence-electron chi connectivity index (χ1n) is 6.96. The molecule has 2 N–H and O–H groups in total. The highest BCUT2D eigenvalue weighted by atomic mass is 16.3. The van der Waals surface area contributed by atoms with E-state index < -0.39 is 0 Å². The van der Waals surface area contributed by atoms with Crippen molar-refractivity contribution in [1.29, 1.82) is 0 Å². The van der Waals surface area contributed by atoms with Crippen LogP contribution in [0, 0.1) is 0 Å². The maximum Gasteiger partial charge on any atom is 0.0664 e. The molecule has 0 spiro atoms. The van der Waals surface area contributed by atoms with Crippen LogP contribution in [0.1, 0.15) is 33.1 Å². The summed E-state index contributed by atoms with van der Waals surface area (Å²) in [4.78, 5) is 4.68. The van der Waals surface area contributed by atoms with Crippen molar-refractivity contribution in [2.24, 2.45) is 0 Å². The first-order chi connectivity index (χ1) is 8.15. The number of rotatable bonds is 6. The molecule has 1 rings (SSSR count). The summed E-state index contributed by atoms with van der Waals surface area (Å²) in [6.45, 7) is 9.77. The molecule has 0 aliphatic carbocycles. The van der Waals surface area contributed by atoms with Gasteiger partial charge in [-0.05, 0) is 32.4 Å². The molecule has 1 aliphatic rings. The second kappa shape index (κ2) is 8.03. The van der Waals surface area contributed by atoms with Crippen molar-refractivity contribution >= 4 is 0 Å². The first kappa shape index (κ1) is 14.9. The number of aliphatic hydroxyl groups excluding tert-OH is 2. The molecule has 102 valence electrons. The summed E-state index contributed by atoms with van der Waals surface area (Å²) in [5.41, 5.74) is 0. The first-order valence-corrected chi connectivity index (χ1v) is 6.96. The van der Waals surface area contributed by atoms with E-state index in [0.29, 0.717) is 0 Å². The Kier molecular flexibility index (Phi) is 7.04. The van der Waals surface area contributed by atoms with Gasteiger partial charge in [-0.1, -0.05) is 13.8 Å². The van der Waals surface area contributed by atoms with Crippen LogP contribution in [-0.4, -0.2) is 71.5 Å². The number of β-amino-alcohol motifs (C(OH)–C–C–N with tert-alkyl or cyclic N) is 2. The van der Waals surface area contributed by atoms with Crippen molar-refractivity contribution in [2.75, 3.05) is 39.3 Å². The van der Waals surface area contributed by atoms with E-state index in [1.165, 1.54) is 0 Å². The van der Waals surface area contributed by atoms with E-state index in [1.54, 1.807) is 0 Å². The Morgan fingerprint density at radius 1 is 0.824 bits per heavy atom. The predicted molar refractivity (Wildman–Crippen MR) is 70.1 cm³/mol. The quantitative estimate of drug-likeness (QED) is 0.716. The molecule has 4 heteroatoms. The maximum atomic E-state index is 9.66. The van der Waals surface area contributed by atoms with Crippen molar-refractivity contribution < 1.29 is 10.2 Å². The fourth-order valence-electron chi connectivity index (χ4n) is 2.24. The maximum absolute atomic E-state index is 9.66. The van der Waals surface area contributed by atoms with E-state index in [4.69, 9.17) is 0 Å². The molecule has 0 bridgehead atoms. The fraction of sp³-hybridized carbons (Fsp3) is 1.00. The molecule has 0 aromatic heterocycles. The minimum absolute atomic E-state index is 0.192. The van der Waals surface area contributed by atoms with Gasteiger partial charge in [0.05, 0.1) is 12.2 Å². The van der Waals surface area contributed by atoms with E-state index in [-0.39, 0.29) is 12.2 Å². The minimum atomic E-state index is -0.192. The van der Waals surface area contributed by atoms with Gasteiger partial charge in [-0.3, -0.25) is 9.80 Å². The van der Waals surface area contributed by atoms with Gasteiger partial charge in [-0.15, -0.1) is 0 Å². The SMILES string of the molecule is CCC(O)CN1CCCN(CC(O)CC)CC1. The molecule has 0 saturated carbocycles. The van der Waals surface area contributed by atoms with E-state index in [0.717, 1.165) is 58.5 Å². The second-order valence-electron chi connectivity index (χ2n) is 5.08. The zero-order valence-corrected chi connectivity index (χ0v) is 11.3.